The van der Waals surface area contributed by atoms with Gasteiger partial charge in [0.05, 0.1) is 11.2 Å². The second-order valence-corrected chi connectivity index (χ2v) is 6.65. The maximum Gasteiger partial charge on any atom is 0.486 e. The number of hydrogen-bond acceptors (Lipinski definition) is 5. The molecule has 0 amide bonds. The van der Waals surface area contributed by atoms with Gasteiger partial charge in [-0.3, -0.25) is 0 Å². The van der Waals surface area contributed by atoms with Crippen LogP contribution in [0.3, 0.4) is 0 Å². The van der Waals surface area contributed by atoms with E-state index in [1.54, 1.807) is 12.1 Å². The highest BCUT2D eigenvalue weighted by Crippen LogP contribution is 2.36. The fourth-order valence-electron chi connectivity index (χ4n) is 2.37. The first-order valence-corrected chi connectivity index (χ1v) is 7.91. The smallest absolute Gasteiger partial charge is 0.400 e. The molecule has 0 aliphatic carbocycles. The molecule has 3 atom stereocenters. The fourth-order valence-corrected chi connectivity index (χ4v) is 2.37. The Labute approximate surface area is 133 Å². The molecule has 124 valence electrons. The van der Waals surface area contributed by atoms with E-state index in [4.69, 9.17) is 18.8 Å². The van der Waals surface area contributed by atoms with Crippen molar-refractivity contribution >= 4 is 7.12 Å². The van der Waals surface area contributed by atoms with Crippen molar-refractivity contribution in [3.05, 3.63) is 24.2 Å². The van der Waals surface area contributed by atoms with E-state index in [1.807, 2.05) is 46.8 Å². The molecule has 22 heavy (non-hydrogen) atoms. The van der Waals surface area contributed by atoms with Crippen molar-refractivity contribution in [1.29, 1.82) is 0 Å². The van der Waals surface area contributed by atoms with Crippen LogP contribution >= 0.6 is 0 Å². The topological polar surface area (TPSA) is 57.2 Å². The first kappa shape index (κ1) is 17.7. The quantitative estimate of drug-likeness (QED) is 0.623. The molecular formula is C16H27BO5. The highest BCUT2D eigenvalue weighted by molar-refractivity contribution is 6.51. The predicted molar refractivity (Wildman–Crippen MR) is 85.3 cm³/mol. The van der Waals surface area contributed by atoms with Crippen LogP contribution in [0.5, 0.6) is 0 Å². The minimum Gasteiger partial charge on any atom is -0.400 e. The lowest BCUT2D eigenvalue weighted by atomic mass is 9.89. The van der Waals surface area contributed by atoms with Gasteiger partial charge in [0.2, 0.25) is 0 Å². The Kier molecular flexibility index (Phi) is 5.51. The lowest BCUT2D eigenvalue weighted by molar-refractivity contribution is -0.175. The molecule has 0 bridgehead atoms. The zero-order chi connectivity index (χ0) is 16.4. The maximum absolute atomic E-state index is 10.3. The van der Waals surface area contributed by atoms with Crippen molar-refractivity contribution in [2.75, 3.05) is 6.61 Å². The van der Waals surface area contributed by atoms with Crippen LogP contribution < -0.4 is 0 Å². The fraction of sp³-hybridized carbons (Fsp3) is 0.750. The van der Waals surface area contributed by atoms with Crippen LogP contribution in [0.2, 0.25) is 0 Å². The molecule has 6 heteroatoms. The number of ether oxygens (including phenoxy) is 2. The second kappa shape index (κ2) is 6.85. The molecule has 0 aromatic carbocycles. The van der Waals surface area contributed by atoms with E-state index in [2.05, 4.69) is 0 Å². The summed E-state index contributed by atoms with van der Waals surface area (Å²) in [7, 11) is -0.463. The van der Waals surface area contributed by atoms with E-state index in [0.717, 1.165) is 0 Å². The van der Waals surface area contributed by atoms with Gasteiger partial charge in [0, 0.05) is 13.0 Å². The molecule has 0 spiro atoms. The Hall–Kier alpha value is -0.655. The summed E-state index contributed by atoms with van der Waals surface area (Å²) in [5, 5.41) is 10.3. The van der Waals surface area contributed by atoms with E-state index in [-0.39, 0.29) is 17.5 Å². The largest absolute Gasteiger partial charge is 0.486 e. The van der Waals surface area contributed by atoms with Gasteiger partial charge in [0.1, 0.15) is 12.2 Å². The highest BCUT2D eigenvalue weighted by atomic mass is 16.7. The predicted octanol–water partition coefficient (Wildman–Crippen LogP) is 2.24. The normalized spacial score (nSPS) is 31.8. The van der Waals surface area contributed by atoms with Crippen LogP contribution in [0.4, 0.5) is 0 Å². The van der Waals surface area contributed by atoms with Crippen molar-refractivity contribution in [3.8, 4) is 0 Å². The summed E-state index contributed by atoms with van der Waals surface area (Å²) in [5.74, 6) is 1.74. The summed E-state index contributed by atoms with van der Waals surface area (Å²) in [6.45, 7) is 10.5. The van der Waals surface area contributed by atoms with Gasteiger partial charge in [-0.15, -0.1) is 0 Å². The summed E-state index contributed by atoms with van der Waals surface area (Å²) in [6.07, 6.45) is 4.72. The molecule has 1 saturated heterocycles. The van der Waals surface area contributed by atoms with Gasteiger partial charge in [-0.1, -0.05) is 24.2 Å². The molecule has 5 nitrogen and oxygen atoms in total. The molecular weight excluding hydrogens is 283 g/mol. The molecule has 0 unspecified atom stereocenters. The Morgan fingerprint density at radius 1 is 1.32 bits per heavy atom. The van der Waals surface area contributed by atoms with Crippen LogP contribution in [0.15, 0.2) is 24.2 Å². The van der Waals surface area contributed by atoms with Gasteiger partial charge in [-0.2, -0.15) is 0 Å². The van der Waals surface area contributed by atoms with Gasteiger partial charge in [-0.25, -0.2) is 0 Å². The maximum atomic E-state index is 10.3. The minimum atomic E-state index is -0.765. The first-order chi connectivity index (χ1) is 10.2. The summed E-state index contributed by atoms with van der Waals surface area (Å²) >= 11 is 0. The van der Waals surface area contributed by atoms with Gasteiger partial charge in [0.15, 0.2) is 6.29 Å². The zero-order valence-electron chi connectivity index (χ0n) is 14.1. The molecule has 2 heterocycles. The second-order valence-electron chi connectivity index (χ2n) is 6.65. The van der Waals surface area contributed by atoms with E-state index in [1.165, 1.54) is 0 Å². The summed E-state index contributed by atoms with van der Waals surface area (Å²) < 4.78 is 22.8. The molecule has 0 saturated carbocycles. The summed E-state index contributed by atoms with van der Waals surface area (Å²) in [5.41, 5.74) is -0.761. The van der Waals surface area contributed by atoms with Crippen molar-refractivity contribution in [2.45, 2.75) is 70.7 Å². The van der Waals surface area contributed by atoms with Crippen LogP contribution in [0.1, 0.15) is 41.0 Å². The van der Waals surface area contributed by atoms with E-state index >= 15 is 0 Å². The van der Waals surface area contributed by atoms with E-state index in [9.17, 15) is 5.11 Å². The Balaban J connectivity index is 1.91. The molecule has 2 aliphatic rings. The average molecular weight is 310 g/mol. The van der Waals surface area contributed by atoms with Gasteiger partial charge < -0.3 is 23.9 Å². The third-order valence-corrected chi connectivity index (χ3v) is 4.39. The number of aliphatic hydroxyl groups is 1. The van der Waals surface area contributed by atoms with Crippen molar-refractivity contribution in [3.63, 3.8) is 0 Å². The Morgan fingerprint density at radius 3 is 2.55 bits per heavy atom. The van der Waals surface area contributed by atoms with Crippen LogP contribution in [-0.2, 0) is 18.8 Å². The van der Waals surface area contributed by atoms with E-state index < -0.39 is 19.3 Å². The van der Waals surface area contributed by atoms with Gasteiger partial charge in [0.25, 0.3) is 0 Å². The van der Waals surface area contributed by atoms with Gasteiger partial charge in [-0.05, 0) is 34.6 Å². The molecule has 2 rings (SSSR count). The van der Waals surface area contributed by atoms with Crippen molar-refractivity contribution in [1.82, 2.24) is 0 Å². The van der Waals surface area contributed by atoms with Crippen LogP contribution in [0.25, 0.3) is 0 Å². The van der Waals surface area contributed by atoms with Crippen molar-refractivity contribution < 1.29 is 23.9 Å². The highest BCUT2D eigenvalue weighted by Gasteiger charge is 2.50. The third kappa shape index (κ3) is 4.00. The number of hydrogen-bond donors (Lipinski definition) is 1. The zero-order valence-corrected chi connectivity index (χ0v) is 14.1. The molecule has 0 radical (unpaired) electrons. The van der Waals surface area contributed by atoms with Crippen LogP contribution in [-0.4, -0.2) is 48.5 Å². The lowest BCUT2D eigenvalue weighted by Crippen LogP contribution is -2.41. The lowest BCUT2D eigenvalue weighted by Gasteiger charge is -2.32. The summed E-state index contributed by atoms with van der Waals surface area (Å²) in [4.78, 5) is 0. The molecule has 2 aliphatic heterocycles. The van der Waals surface area contributed by atoms with Crippen LogP contribution in [0, 0.1) is 0 Å². The third-order valence-electron chi connectivity index (χ3n) is 4.39. The minimum absolute atomic E-state index is 0.292. The Bertz CT molecular complexity index is 416. The average Bonchev–Trinajstić information content (AvgIpc) is 2.65. The van der Waals surface area contributed by atoms with E-state index in [0.29, 0.717) is 13.0 Å². The molecule has 0 aromatic heterocycles. The number of rotatable bonds is 5. The first-order valence-electron chi connectivity index (χ1n) is 7.91. The number of aliphatic hydroxyl groups excluding tert-OH is 1. The molecule has 0 aromatic rings. The molecule has 1 fully saturated rings. The Morgan fingerprint density at radius 2 is 1.95 bits per heavy atom. The van der Waals surface area contributed by atoms with Gasteiger partial charge >= 0.3 is 7.12 Å². The summed E-state index contributed by atoms with van der Waals surface area (Å²) in [6, 6.07) is 0. The SMILES string of the molecule is CCO[C@H]1CC=C[C@@H]([C@@H](O)/C=C/B2OC(C)(C)C(C)(C)O2)O1. The van der Waals surface area contributed by atoms with Crippen molar-refractivity contribution in [2.24, 2.45) is 0 Å². The molecule has 1 N–H and O–H groups in total. The monoisotopic (exact) mass is 310 g/mol. The standard InChI is InChI=1S/C16H27BO5/c1-6-19-14-9-7-8-13(20-14)12(18)10-11-17-21-15(2,3)16(4,5)22-17/h7-8,10-14,18H,6,9H2,1-5H3/b11-10+/t12-,13-,14+/m0/s1.